The summed E-state index contributed by atoms with van der Waals surface area (Å²) in [7, 11) is 0. The lowest BCUT2D eigenvalue weighted by Crippen LogP contribution is -2.29. The first-order valence-corrected chi connectivity index (χ1v) is 5.78. The van der Waals surface area contributed by atoms with Gasteiger partial charge < -0.3 is 0 Å². The lowest BCUT2D eigenvalue weighted by molar-refractivity contribution is -0.108. The van der Waals surface area contributed by atoms with E-state index in [9.17, 15) is 4.79 Å². The Bertz CT molecular complexity index is 433. The zero-order valence-corrected chi connectivity index (χ0v) is 10.9. The molecular formula is C13H17ClN2O. The molecule has 0 radical (unpaired) electrons. The highest BCUT2D eigenvalue weighted by Crippen LogP contribution is 2.21. The van der Waals surface area contributed by atoms with E-state index in [0.29, 0.717) is 0 Å². The van der Waals surface area contributed by atoms with Crippen LogP contribution in [0.25, 0.3) is 0 Å². The average Bonchev–Trinajstić information content (AvgIpc) is 2.28. The molecule has 17 heavy (non-hydrogen) atoms. The molecule has 4 heteroatoms. The van der Waals surface area contributed by atoms with Crippen molar-refractivity contribution in [3.05, 3.63) is 47.3 Å². The first-order chi connectivity index (χ1) is 7.91. The van der Waals surface area contributed by atoms with Gasteiger partial charge in [0, 0.05) is 17.0 Å². The van der Waals surface area contributed by atoms with E-state index in [2.05, 4.69) is 13.5 Å². The van der Waals surface area contributed by atoms with Crippen LogP contribution >= 0.6 is 11.6 Å². The second kappa shape index (κ2) is 5.84. The van der Waals surface area contributed by atoms with E-state index in [0.717, 1.165) is 24.2 Å². The summed E-state index contributed by atoms with van der Waals surface area (Å²) in [5.74, 6) is 5.96. The van der Waals surface area contributed by atoms with Gasteiger partial charge in [-0.1, -0.05) is 18.2 Å². The van der Waals surface area contributed by atoms with E-state index >= 15 is 0 Å². The minimum Gasteiger partial charge on any atom is -0.288 e. The Hall–Kier alpha value is -1.32. The predicted octanol–water partition coefficient (Wildman–Crippen LogP) is 3.01. The van der Waals surface area contributed by atoms with Gasteiger partial charge in [0.05, 0.1) is 0 Å². The van der Waals surface area contributed by atoms with Crippen LogP contribution in [0, 0.1) is 0 Å². The maximum atomic E-state index is 11.0. The van der Waals surface area contributed by atoms with Crippen molar-refractivity contribution in [3.63, 3.8) is 0 Å². The molecular weight excluding hydrogens is 236 g/mol. The molecule has 0 saturated heterocycles. The summed E-state index contributed by atoms with van der Waals surface area (Å²) in [6.45, 7) is 7.58. The average molecular weight is 253 g/mol. The zero-order valence-electron chi connectivity index (χ0n) is 10.2. The van der Waals surface area contributed by atoms with Crippen molar-refractivity contribution in [3.8, 4) is 0 Å². The number of hydrogen-bond donors (Lipinski definition) is 1. The van der Waals surface area contributed by atoms with Crippen molar-refractivity contribution < 1.29 is 4.79 Å². The van der Waals surface area contributed by atoms with E-state index in [4.69, 9.17) is 17.4 Å². The van der Waals surface area contributed by atoms with E-state index < -0.39 is 5.24 Å². The molecule has 0 aliphatic carbocycles. The molecule has 1 aliphatic rings. The minimum absolute atomic E-state index is 0.257. The quantitative estimate of drug-likeness (QED) is 0.467. The Labute approximate surface area is 107 Å². The Morgan fingerprint density at radius 2 is 2.12 bits per heavy atom. The van der Waals surface area contributed by atoms with Gasteiger partial charge in [0.1, 0.15) is 0 Å². The Morgan fingerprint density at radius 3 is 2.71 bits per heavy atom. The van der Waals surface area contributed by atoms with Crippen molar-refractivity contribution in [1.82, 2.24) is 5.01 Å². The lowest BCUT2D eigenvalue weighted by Gasteiger charge is -2.24. The molecule has 0 amide bonds. The van der Waals surface area contributed by atoms with Gasteiger partial charge in [-0.05, 0) is 50.4 Å². The molecule has 0 spiro atoms. The number of nitrogens with two attached hydrogens (primary N) is 1. The monoisotopic (exact) mass is 252 g/mol. The van der Waals surface area contributed by atoms with Crippen LogP contribution < -0.4 is 5.84 Å². The van der Waals surface area contributed by atoms with Gasteiger partial charge >= 0.3 is 0 Å². The number of allylic oxidation sites excluding steroid dienone is 7. The van der Waals surface area contributed by atoms with Crippen LogP contribution in [0.1, 0.15) is 26.7 Å². The van der Waals surface area contributed by atoms with Gasteiger partial charge in [0.15, 0.2) is 0 Å². The zero-order chi connectivity index (χ0) is 13.0. The third-order valence-corrected chi connectivity index (χ3v) is 2.91. The van der Waals surface area contributed by atoms with Crippen molar-refractivity contribution >= 4 is 16.8 Å². The molecule has 1 heterocycles. The van der Waals surface area contributed by atoms with E-state index in [1.807, 2.05) is 19.1 Å². The predicted molar refractivity (Wildman–Crippen MR) is 70.9 cm³/mol. The molecule has 0 aromatic heterocycles. The largest absolute Gasteiger partial charge is 0.288 e. The molecule has 3 nitrogen and oxygen atoms in total. The summed E-state index contributed by atoms with van der Waals surface area (Å²) >= 11 is 5.36. The standard InChI is InChI=1S/C13H17ClN2O/c1-9-4-6-11(3)16(15)12(7-5-9)8-10(2)13(14)17/h4,6,8H,2,5,7,15H2,1,3H3/b9-4+,11-6-,12-8-. The molecule has 0 unspecified atom stereocenters. The van der Waals surface area contributed by atoms with Crippen LogP contribution in [0.3, 0.4) is 0 Å². The van der Waals surface area contributed by atoms with Crippen LogP contribution in [-0.2, 0) is 4.79 Å². The van der Waals surface area contributed by atoms with Crippen LogP contribution in [0.4, 0.5) is 0 Å². The number of rotatable bonds is 2. The fourth-order valence-electron chi connectivity index (χ4n) is 1.50. The molecule has 0 fully saturated rings. The number of nitrogens with zero attached hydrogens (tertiary/aromatic N) is 1. The topological polar surface area (TPSA) is 46.3 Å². The number of hydrazine groups is 1. The molecule has 2 N–H and O–H groups in total. The molecule has 1 rings (SSSR count). The summed E-state index contributed by atoms with van der Waals surface area (Å²) < 4.78 is 0. The molecule has 92 valence electrons. The van der Waals surface area contributed by atoms with Gasteiger partial charge in [-0.15, -0.1) is 0 Å². The lowest BCUT2D eigenvalue weighted by atomic mass is 10.1. The van der Waals surface area contributed by atoms with Gasteiger partial charge in [0.25, 0.3) is 5.24 Å². The normalized spacial score (nSPS) is 25.4. The maximum absolute atomic E-state index is 11.0. The maximum Gasteiger partial charge on any atom is 0.251 e. The van der Waals surface area contributed by atoms with Crippen molar-refractivity contribution in [2.45, 2.75) is 26.7 Å². The third kappa shape index (κ3) is 3.88. The van der Waals surface area contributed by atoms with E-state index in [1.54, 1.807) is 11.1 Å². The van der Waals surface area contributed by atoms with Gasteiger partial charge in [-0.25, -0.2) is 5.84 Å². The Morgan fingerprint density at radius 1 is 1.47 bits per heavy atom. The van der Waals surface area contributed by atoms with Gasteiger partial charge in [-0.3, -0.25) is 9.80 Å². The molecule has 1 aliphatic heterocycles. The number of carbonyl (C=O) groups excluding carboxylic acids is 1. The molecule has 0 saturated carbocycles. The van der Waals surface area contributed by atoms with Crippen LogP contribution in [0.15, 0.2) is 47.3 Å². The van der Waals surface area contributed by atoms with Crippen molar-refractivity contribution in [2.24, 2.45) is 5.84 Å². The summed E-state index contributed by atoms with van der Waals surface area (Å²) in [5, 5.41) is 1.01. The number of hydrogen-bond acceptors (Lipinski definition) is 3. The smallest absolute Gasteiger partial charge is 0.251 e. The van der Waals surface area contributed by atoms with Gasteiger partial charge in [0.2, 0.25) is 0 Å². The minimum atomic E-state index is -0.554. The van der Waals surface area contributed by atoms with Crippen LogP contribution in [0.5, 0.6) is 0 Å². The SMILES string of the molecule is C=C(/C=C1/CC/C(C)=C/C=C(/C)N1N)C(=O)Cl. The first kappa shape index (κ1) is 13.7. The second-order valence-corrected chi connectivity index (χ2v) is 4.47. The van der Waals surface area contributed by atoms with Crippen molar-refractivity contribution in [2.75, 3.05) is 0 Å². The number of carbonyl (C=O) groups is 1. The molecule has 0 aromatic carbocycles. The Kier molecular flexibility index (Phi) is 4.73. The summed E-state index contributed by atoms with van der Waals surface area (Å²) in [4.78, 5) is 11.0. The van der Waals surface area contributed by atoms with Crippen LogP contribution in [-0.4, -0.2) is 10.3 Å². The number of halogens is 1. The van der Waals surface area contributed by atoms with Crippen LogP contribution in [0.2, 0.25) is 0 Å². The summed E-state index contributed by atoms with van der Waals surface area (Å²) in [5.41, 5.74) is 3.27. The van der Waals surface area contributed by atoms with E-state index in [-0.39, 0.29) is 5.57 Å². The summed E-state index contributed by atoms with van der Waals surface area (Å²) in [6.07, 6.45) is 7.30. The van der Waals surface area contributed by atoms with E-state index in [1.165, 1.54) is 5.57 Å². The summed E-state index contributed by atoms with van der Waals surface area (Å²) in [6, 6.07) is 0. The fraction of sp³-hybridized carbons (Fsp3) is 0.308. The Balaban J connectivity index is 3.02. The highest BCUT2D eigenvalue weighted by molar-refractivity contribution is 6.68. The first-order valence-electron chi connectivity index (χ1n) is 5.40. The molecule has 0 bridgehead atoms. The highest BCUT2D eigenvalue weighted by Gasteiger charge is 2.11. The van der Waals surface area contributed by atoms with Crippen molar-refractivity contribution in [1.29, 1.82) is 0 Å². The molecule has 0 atom stereocenters. The second-order valence-electron chi connectivity index (χ2n) is 4.13. The third-order valence-electron chi connectivity index (χ3n) is 2.67. The fourth-order valence-corrected chi connectivity index (χ4v) is 1.55. The molecule has 0 aromatic rings. The van der Waals surface area contributed by atoms with Gasteiger partial charge in [-0.2, -0.15) is 0 Å². The highest BCUT2D eigenvalue weighted by atomic mass is 35.5.